The number of hydrogen-bond acceptors (Lipinski definition) is 6. The number of ether oxygens (including phenoxy) is 1. The van der Waals surface area contributed by atoms with Crippen LogP contribution in [0, 0.1) is 12.8 Å². The number of fused-ring (bicyclic) bond motifs is 1. The minimum Gasteiger partial charge on any atom is -0.466 e. The molecule has 0 bridgehead atoms. The lowest BCUT2D eigenvalue weighted by atomic mass is 9.96. The third-order valence-corrected chi connectivity index (χ3v) is 7.45. The summed E-state index contributed by atoms with van der Waals surface area (Å²) in [7, 11) is -3.64. The maximum atomic E-state index is 13.1. The lowest BCUT2D eigenvalue weighted by molar-refractivity contribution is -0.148. The van der Waals surface area contributed by atoms with E-state index in [0.717, 1.165) is 48.1 Å². The molecule has 4 rings (SSSR count). The summed E-state index contributed by atoms with van der Waals surface area (Å²) in [6.45, 7) is 5.55. The summed E-state index contributed by atoms with van der Waals surface area (Å²) in [6, 6.07) is 14.4. The molecule has 0 unspecified atom stereocenters. The topological polar surface area (TPSA) is 76.6 Å². The first kappa shape index (κ1) is 21.3. The predicted octanol–water partition coefficient (Wildman–Crippen LogP) is 4.16. The van der Waals surface area contributed by atoms with Crippen LogP contribution in [0.2, 0.25) is 0 Å². The van der Waals surface area contributed by atoms with Gasteiger partial charge in [-0.15, -0.1) is 0 Å². The number of para-hydroxylation sites is 1. The number of sulfone groups is 1. The van der Waals surface area contributed by atoms with Crippen molar-refractivity contribution in [3.05, 3.63) is 60.3 Å². The monoisotopic (exact) mass is 438 g/mol. The van der Waals surface area contributed by atoms with Crippen LogP contribution in [0.25, 0.3) is 10.9 Å². The van der Waals surface area contributed by atoms with E-state index in [1.165, 1.54) is 6.20 Å². The van der Waals surface area contributed by atoms with Gasteiger partial charge in [0, 0.05) is 24.7 Å². The number of carbonyl (C=O) groups excluding carboxylic acids is 1. The zero-order valence-corrected chi connectivity index (χ0v) is 18.6. The highest BCUT2D eigenvalue weighted by molar-refractivity contribution is 7.91. The fourth-order valence-corrected chi connectivity index (χ4v) is 5.41. The van der Waals surface area contributed by atoms with Crippen LogP contribution in [0.4, 0.5) is 5.69 Å². The first-order chi connectivity index (χ1) is 14.9. The molecule has 1 fully saturated rings. The first-order valence-electron chi connectivity index (χ1n) is 10.5. The van der Waals surface area contributed by atoms with Gasteiger partial charge in [0.15, 0.2) is 0 Å². The van der Waals surface area contributed by atoms with Crippen LogP contribution in [-0.4, -0.2) is 39.1 Å². The Morgan fingerprint density at radius 3 is 2.55 bits per heavy atom. The van der Waals surface area contributed by atoms with E-state index in [0.29, 0.717) is 6.61 Å². The second-order valence-corrected chi connectivity index (χ2v) is 9.80. The summed E-state index contributed by atoms with van der Waals surface area (Å²) in [5.41, 5.74) is 2.61. The third kappa shape index (κ3) is 4.28. The van der Waals surface area contributed by atoms with Crippen LogP contribution in [0.15, 0.2) is 64.5 Å². The molecule has 6 nitrogen and oxygen atoms in total. The zero-order chi connectivity index (χ0) is 22.0. The van der Waals surface area contributed by atoms with Gasteiger partial charge >= 0.3 is 5.97 Å². The normalized spacial score (nSPS) is 15.2. The number of nitrogens with zero attached hydrogens (tertiary/aromatic N) is 2. The van der Waals surface area contributed by atoms with Crippen molar-refractivity contribution in [1.82, 2.24) is 4.98 Å². The molecule has 1 aliphatic heterocycles. The molecule has 0 radical (unpaired) electrons. The molecule has 2 heterocycles. The molecule has 1 saturated heterocycles. The number of anilines is 1. The number of piperidine rings is 1. The van der Waals surface area contributed by atoms with Gasteiger partial charge in [0.05, 0.1) is 33.5 Å². The molecule has 0 N–H and O–H groups in total. The molecular weight excluding hydrogens is 412 g/mol. The van der Waals surface area contributed by atoms with Gasteiger partial charge in [0.2, 0.25) is 9.84 Å². The van der Waals surface area contributed by atoms with Crippen LogP contribution in [0.5, 0.6) is 0 Å². The van der Waals surface area contributed by atoms with Gasteiger partial charge < -0.3 is 9.64 Å². The maximum Gasteiger partial charge on any atom is 0.309 e. The highest BCUT2D eigenvalue weighted by Crippen LogP contribution is 2.31. The van der Waals surface area contributed by atoms with Crippen molar-refractivity contribution >= 4 is 32.4 Å². The molecule has 1 aromatic heterocycles. The summed E-state index contributed by atoms with van der Waals surface area (Å²) in [5, 5.41) is 0.777. The lowest BCUT2D eigenvalue weighted by Gasteiger charge is -2.33. The number of aromatic nitrogens is 1. The van der Waals surface area contributed by atoms with Crippen molar-refractivity contribution in [2.75, 3.05) is 24.6 Å². The van der Waals surface area contributed by atoms with Gasteiger partial charge in [0.25, 0.3) is 0 Å². The highest BCUT2D eigenvalue weighted by atomic mass is 32.2. The van der Waals surface area contributed by atoms with E-state index in [2.05, 4.69) is 9.88 Å². The van der Waals surface area contributed by atoms with E-state index in [-0.39, 0.29) is 21.7 Å². The number of aryl methyl sites for hydroxylation is 1. The van der Waals surface area contributed by atoms with Gasteiger partial charge in [-0.05, 0) is 56.5 Å². The molecule has 0 spiro atoms. The zero-order valence-electron chi connectivity index (χ0n) is 17.7. The van der Waals surface area contributed by atoms with Crippen LogP contribution in [0.1, 0.15) is 25.3 Å². The van der Waals surface area contributed by atoms with E-state index < -0.39 is 9.84 Å². The second kappa shape index (κ2) is 8.67. The van der Waals surface area contributed by atoms with Crippen molar-refractivity contribution in [1.29, 1.82) is 0 Å². The van der Waals surface area contributed by atoms with Gasteiger partial charge in [-0.1, -0.05) is 24.3 Å². The standard InChI is InChI=1S/C24H26N2O4S/c1-3-30-24(27)18-10-12-26(13-11-18)22-9-5-7-19-15-21(16-25-23(19)22)31(28,29)20-8-4-6-17(2)14-20/h4-9,14-16,18H,3,10-13H2,1-2H3. The SMILES string of the molecule is CCOC(=O)C1CCN(c2cccc3cc(S(=O)(=O)c4cccc(C)c4)cnc23)CC1. The quantitative estimate of drug-likeness (QED) is 0.557. The average Bonchev–Trinajstić information content (AvgIpc) is 2.78. The molecule has 7 heteroatoms. The maximum absolute atomic E-state index is 13.1. The number of carbonyl (C=O) groups is 1. The number of hydrogen-bond donors (Lipinski definition) is 0. The molecule has 3 aromatic rings. The fraction of sp³-hybridized carbons (Fsp3) is 0.333. The van der Waals surface area contributed by atoms with Crippen molar-refractivity contribution in [3.8, 4) is 0 Å². The summed E-state index contributed by atoms with van der Waals surface area (Å²) >= 11 is 0. The number of esters is 1. The molecule has 0 amide bonds. The van der Waals surface area contributed by atoms with E-state index in [1.54, 1.807) is 24.3 Å². The van der Waals surface area contributed by atoms with Crippen LogP contribution in [-0.2, 0) is 19.4 Å². The lowest BCUT2D eigenvalue weighted by Crippen LogP contribution is -2.37. The fourth-order valence-electron chi connectivity index (χ4n) is 4.06. The highest BCUT2D eigenvalue weighted by Gasteiger charge is 2.27. The molecule has 1 aliphatic rings. The number of benzene rings is 2. The van der Waals surface area contributed by atoms with Gasteiger partial charge in [0.1, 0.15) is 0 Å². The molecular formula is C24H26N2O4S. The van der Waals surface area contributed by atoms with Gasteiger partial charge in [-0.2, -0.15) is 0 Å². The third-order valence-electron chi connectivity index (χ3n) is 5.73. The minimum atomic E-state index is -3.64. The Kier molecular flexibility index (Phi) is 5.96. The Labute approximate surface area is 182 Å². The van der Waals surface area contributed by atoms with Crippen LogP contribution < -0.4 is 4.90 Å². The van der Waals surface area contributed by atoms with Crippen LogP contribution in [0.3, 0.4) is 0 Å². The average molecular weight is 439 g/mol. The smallest absolute Gasteiger partial charge is 0.309 e. The Balaban J connectivity index is 1.62. The Morgan fingerprint density at radius 2 is 1.84 bits per heavy atom. The van der Waals surface area contributed by atoms with E-state index in [4.69, 9.17) is 4.74 Å². The summed E-state index contributed by atoms with van der Waals surface area (Å²) < 4.78 is 31.3. The molecule has 0 atom stereocenters. The largest absolute Gasteiger partial charge is 0.466 e. The van der Waals surface area contributed by atoms with Crippen molar-refractivity contribution in [3.63, 3.8) is 0 Å². The van der Waals surface area contributed by atoms with E-state index >= 15 is 0 Å². The molecule has 162 valence electrons. The number of pyridine rings is 1. The van der Waals surface area contributed by atoms with Crippen molar-refractivity contribution in [2.45, 2.75) is 36.5 Å². The summed E-state index contributed by atoms with van der Waals surface area (Å²) in [4.78, 5) is 19.2. The molecule has 0 saturated carbocycles. The van der Waals surface area contributed by atoms with Gasteiger partial charge in [-0.3, -0.25) is 9.78 Å². The molecule has 31 heavy (non-hydrogen) atoms. The summed E-state index contributed by atoms with van der Waals surface area (Å²) in [5.74, 6) is -0.186. The van der Waals surface area contributed by atoms with E-state index in [1.807, 2.05) is 38.1 Å². The Morgan fingerprint density at radius 1 is 1.10 bits per heavy atom. The first-order valence-corrected chi connectivity index (χ1v) is 12.0. The summed E-state index contributed by atoms with van der Waals surface area (Å²) in [6.07, 6.45) is 2.90. The Bertz CT molecular complexity index is 1220. The second-order valence-electron chi connectivity index (χ2n) is 7.85. The van der Waals surface area contributed by atoms with E-state index in [9.17, 15) is 13.2 Å². The Hall–Kier alpha value is -2.93. The molecule has 0 aliphatic carbocycles. The molecule has 2 aromatic carbocycles. The number of rotatable bonds is 5. The minimum absolute atomic E-state index is 0.0646. The van der Waals surface area contributed by atoms with Crippen molar-refractivity contribution < 1.29 is 17.9 Å². The van der Waals surface area contributed by atoms with Gasteiger partial charge in [-0.25, -0.2) is 8.42 Å². The van der Waals surface area contributed by atoms with Crippen molar-refractivity contribution in [2.24, 2.45) is 5.92 Å². The predicted molar refractivity (Wildman–Crippen MR) is 120 cm³/mol. The van der Waals surface area contributed by atoms with Crippen LogP contribution >= 0.6 is 0 Å².